The zero-order valence-electron chi connectivity index (χ0n) is 15.1. The van der Waals surface area contributed by atoms with E-state index in [1.165, 1.54) is 12.1 Å². The summed E-state index contributed by atoms with van der Waals surface area (Å²) in [5.74, 6) is 1.00. The molecule has 28 heavy (non-hydrogen) atoms. The Morgan fingerprint density at radius 3 is 2.57 bits per heavy atom. The number of likely N-dealkylation sites (tertiary alicyclic amines) is 1. The minimum Gasteiger partial charge on any atom is -0.337 e. The van der Waals surface area contributed by atoms with Gasteiger partial charge in [-0.15, -0.1) is 0 Å². The van der Waals surface area contributed by atoms with Crippen molar-refractivity contribution in [3.63, 3.8) is 0 Å². The predicted octanol–water partition coefficient (Wildman–Crippen LogP) is 3.11. The van der Waals surface area contributed by atoms with Crippen molar-refractivity contribution in [2.45, 2.75) is 23.4 Å². The van der Waals surface area contributed by atoms with Gasteiger partial charge in [0, 0.05) is 23.2 Å². The number of hydrogen-bond donors (Lipinski definition) is 1. The smallest absolute Gasteiger partial charge is 0.244 e. The third kappa shape index (κ3) is 3.95. The number of nitrogens with zero attached hydrogens (tertiary/aromatic N) is 3. The van der Waals surface area contributed by atoms with Gasteiger partial charge in [0.05, 0.1) is 10.9 Å². The molecule has 0 saturated carbocycles. The lowest BCUT2D eigenvalue weighted by Crippen LogP contribution is -2.36. The number of halogens is 1. The van der Waals surface area contributed by atoms with E-state index < -0.39 is 10.0 Å². The molecule has 3 aromatic rings. The van der Waals surface area contributed by atoms with Gasteiger partial charge in [-0.3, -0.25) is 4.90 Å². The van der Waals surface area contributed by atoms with Crippen molar-refractivity contribution < 1.29 is 12.9 Å². The first kappa shape index (κ1) is 19.1. The molecular weight excluding hydrogens is 400 g/mol. The van der Waals surface area contributed by atoms with Gasteiger partial charge in [0.2, 0.25) is 21.7 Å². The molecule has 2 unspecified atom stereocenters. The SMILES string of the molecule is CN1CC(NS(=O)(=O)c2ccc(Cl)cc2)CC1c1nc(-c2ccccc2)no1. The van der Waals surface area contributed by atoms with Gasteiger partial charge in [0.1, 0.15) is 0 Å². The van der Waals surface area contributed by atoms with Crippen molar-refractivity contribution in [3.05, 3.63) is 65.5 Å². The van der Waals surface area contributed by atoms with Gasteiger partial charge in [-0.25, -0.2) is 13.1 Å². The molecule has 0 amide bonds. The number of rotatable bonds is 5. The Morgan fingerprint density at radius 2 is 1.86 bits per heavy atom. The maximum Gasteiger partial charge on any atom is 0.244 e. The van der Waals surface area contributed by atoms with E-state index in [0.717, 1.165) is 5.56 Å². The van der Waals surface area contributed by atoms with Gasteiger partial charge in [-0.05, 0) is 37.7 Å². The van der Waals surface area contributed by atoms with Crippen LogP contribution in [0.5, 0.6) is 0 Å². The van der Waals surface area contributed by atoms with Crippen LogP contribution < -0.4 is 4.72 Å². The lowest BCUT2D eigenvalue weighted by Gasteiger charge is -2.14. The van der Waals surface area contributed by atoms with Crippen LogP contribution in [-0.2, 0) is 10.0 Å². The number of aromatic nitrogens is 2. The van der Waals surface area contributed by atoms with Gasteiger partial charge in [0.25, 0.3) is 0 Å². The molecule has 1 saturated heterocycles. The van der Waals surface area contributed by atoms with Crippen molar-refractivity contribution >= 4 is 21.6 Å². The molecular formula is C19H19ClN4O3S. The average molecular weight is 419 g/mol. The Hall–Kier alpha value is -2.26. The lowest BCUT2D eigenvalue weighted by atomic mass is 10.2. The fourth-order valence-electron chi connectivity index (χ4n) is 3.35. The summed E-state index contributed by atoms with van der Waals surface area (Å²) in [6, 6.07) is 15.3. The number of benzene rings is 2. The quantitative estimate of drug-likeness (QED) is 0.684. The molecule has 1 N–H and O–H groups in total. The topological polar surface area (TPSA) is 88.3 Å². The molecule has 7 nitrogen and oxygen atoms in total. The molecule has 1 aromatic heterocycles. The van der Waals surface area contributed by atoms with E-state index in [0.29, 0.717) is 29.7 Å². The summed E-state index contributed by atoms with van der Waals surface area (Å²) in [6.07, 6.45) is 0.541. The fraction of sp³-hybridized carbons (Fsp3) is 0.263. The van der Waals surface area contributed by atoms with E-state index in [1.54, 1.807) is 12.1 Å². The molecule has 1 aliphatic rings. The second kappa shape index (κ2) is 7.63. The van der Waals surface area contributed by atoms with Crippen LogP contribution in [0.15, 0.2) is 64.0 Å². The van der Waals surface area contributed by atoms with Crippen LogP contribution in [-0.4, -0.2) is 43.1 Å². The van der Waals surface area contributed by atoms with E-state index in [4.69, 9.17) is 16.1 Å². The standard InChI is InChI=1S/C19H19ClN4O3S/c1-24-12-15(23-28(25,26)16-9-7-14(20)8-10-16)11-17(24)19-21-18(22-27-19)13-5-3-2-4-6-13/h2-10,15,17,23H,11-12H2,1H3. The average Bonchev–Trinajstić information content (AvgIpc) is 3.29. The number of nitrogens with one attached hydrogen (secondary N) is 1. The Morgan fingerprint density at radius 1 is 1.14 bits per heavy atom. The van der Waals surface area contributed by atoms with Crippen LogP contribution >= 0.6 is 11.6 Å². The molecule has 0 aliphatic carbocycles. The molecule has 1 aliphatic heterocycles. The minimum atomic E-state index is -3.63. The van der Waals surface area contributed by atoms with E-state index in [2.05, 4.69) is 14.9 Å². The summed E-state index contributed by atoms with van der Waals surface area (Å²) in [5, 5.41) is 4.55. The number of hydrogen-bond acceptors (Lipinski definition) is 6. The molecule has 9 heteroatoms. The second-order valence-corrected chi connectivity index (χ2v) is 8.94. The van der Waals surface area contributed by atoms with Crippen LogP contribution in [0, 0.1) is 0 Å². The minimum absolute atomic E-state index is 0.150. The Balaban J connectivity index is 1.48. The van der Waals surface area contributed by atoms with Gasteiger partial charge in [0.15, 0.2) is 0 Å². The maximum atomic E-state index is 12.6. The van der Waals surface area contributed by atoms with Crippen LogP contribution in [0.4, 0.5) is 0 Å². The number of sulfonamides is 1. The molecule has 0 radical (unpaired) electrons. The fourth-order valence-corrected chi connectivity index (χ4v) is 4.72. The van der Waals surface area contributed by atoms with Crippen molar-refractivity contribution in [2.24, 2.45) is 0 Å². The van der Waals surface area contributed by atoms with Crippen LogP contribution in [0.3, 0.4) is 0 Å². The lowest BCUT2D eigenvalue weighted by molar-refractivity contribution is 0.244. The first-order valence-corrected chi connectivity index (χ1v) is 10.7. The molecule has 146 valence electrons. The van der Waals surface area contributed by atoms with E-state index >= 15 is 0 Å². The normalized spacial score (nSPS) is 20.5. The first-order chi connectivity index (χ1) is 13.4. The van der Waals surface area contributed by atoms with Crippen molar-refractivity contribution in [3.8, 4) is 11.4 Å². The molecule has 0 spiro atoms. The van der Waals surface area contributed by atoms with Gasteiger partial charge in [-0.1, -0.05) is 47.1 Å². The predicted molar refractivity (Wildman–Crippen MR) is 105 cm³/mol. The summed E-state index contributed by atoms with van der Waals surface area (Å²) < 4.78 is 33.4. The summed E-state index contributed by atoms with van der Waals surface area (Å²) in [6.45, 7) is 0.542. The Bertz CT molecular complexity index is 1050. The zero-order chi connectivity index (χ0) is 19.7. The van der Waals surface area contributed by atoms with Gasteiger partial charge < -0.3 is 4.52 Å². The molecule has 4 rings (SSSR count). The van der Waals surface area contributed by atoms with E-state index in [9.17, 15) is 8.42 Å². The summed E-state index contributed by atoms with van der Waals surface area (Å²) in [5.41, 5.74) is 0.873. The Kier molecular flexibility index (Phi) is 5.20. The highest BCUT2D eigenvalue weighted by Gasteiger charge is 2.36. The third-order valence-electron chi connectivity index (χ3n) is 4.75. The zero-order valence-corrected chi connectivity index (χ0v) is 16.7. The first-order valence-electron chi connectivity index (χ1n) is 8.79. The second-order valence-electron chi connectivity index (χ2n) is 6.79. The highest BCUT2D eigenvalue weighted by atomic mass is 35.5. The summed E-state index contributed by atoms with van der Waals surface area (Å²) >= 11 is 5.84. The van der Waals surface area contributed by atoms with Crippen molar-refractivity contribution in [2.75, 3.05) is 13.6 Å². The van der Waals surface area contributed by atoms with Gasteiger partial charge in [-0.2, -0.15) is 4.98 Å². The van der Waals surface area contributed by atoms with E-state index in [-0.39, 0.29) is 17.0 Å². The summed E-state index contributed by atoms with van der Waals surface area (Å²) in [7, 11) is -1.72. The van der Waals surface area contributed by atoms with Crippen LogP contribution in [0.2, 0.25) is 5.02 Å². The van der Waals surface area contributed by atoms with Gasteiger partial charge >= 0.3 is 0 Å². The van der Waals surface area contributed by atoms with E-state index in [1.807, 2.05) is 42.3 Å². The van der Waals surface area contributed by atoms with Crippen LogP contribution in [0.25, 0.3) is 11.4 Å². The largest absolute Gasteiger partial charge is 0.337 e. The monoisotopic (exact) mass is 418 g/mol. The molecule has 1 fully saturated rings. The molecule has 2 heterocycles. The molecule has 2 atom stereocenters. The highest BCUT2D eigenvalue weighted by molar-refractivity contribution is 7.89. The van der Waals surface area contributed by atoms with Crippen LogP contribution in [0.1, 0.15) is 18.4 Å². The highest BCUT2D eigenvalue weighted by Crippen LogP contribution is 2.31. The summed E-state index contributed by atoms with van der Waals surface area (Å²) in [4.78, 5) is 6.70. The molecule has 2 aromatic carbocycles. The third-order valence-corrected chi connectivity index (χ3v) is 6.54. The maximum absolute atomic E-state index is 12.6. The van der Waals surface area contributed by atoms with Crippen molar-refractivity contribution in [1.29, 1.82) is 0 Å². The number of likely N-dealkylation sites (N-methyl/N-ethyl adjacent to an activating group) is 1. The van der Waals surface area contributed by atoms with Crippen molar-refractivity contribution in [1.82, 2.24) is 19.8 Å². The molecule has 0 bridgehead atoms. The Labute approximate surface area is 168 Å².